The Balaban J connectivity index is 4.70. The fourth-order valence-electron chi connectivity index (χ4n) is 2.12. The number of carboxylic acids is 1. The first-order valence-electron chi connectivity index (χ1n) is 7.69. The molecule has 0 aromatic rings. The van der Waals surface area contributed by atoms with Crippen molar-refractivity contribution in [2.45, 2.75) is 59.9 Å². The molecule has 5 nitrogen and oxygen atoms in total. The fourth-order valence-corrected chi connectivity index (χ4v) is 2.12. The predicted molar refractivity (Wildman–Crippen MR) is 80.7 cm³/mol. The molecule has 0 saturated carbocycles. The molecule has 0 aliphatic rings. The van der Waals surface area contributed by atoms with Crippen LogP contribution in [-0.4, -0.2) is 41.1 Å². The normalized spacial score (nSPS) is 13.9. The highest BCUT2D eigenvalue weighted by Gasteiger charge is 2.27. The number of hydrogen-bond acceptors (Lipinski definition) is 2. The van der Waals surface area contributed by atoms with Gasteiger partial charge in [0.25, 0.3) is 0 Å². The average Bonchev–Trinajstić information content (AvgIpc) is 2.44. The maximum absolute atomic E-state index is 12.2. The summed E-state index contributed by atoms with van der Waals surface area (Å²) in [7, 11) is 0. The first-order valence-corrected chi connectivity index (χ1v) is 7.69. The minimum absolute atomic E-state index is 0.0803. The van der Waals surface area contributed by atoms with Crippen molar-refractivity contribution in [2.24, 2.45) is 11.8 Å². The van der Waals surface area contributed by atoms with Gasteiger partial charge in [0.15, 0.2) is 0 Å². The van der Waals surface area contributed by atoms with Gasteiger partial charge >= 0.3 is 12.0 Å². The van der Waals surface area contributed by atoms with Crippen LogP contribution in [0.15, 0.2) is 0 Å². The molecule has 0 rings (SSSR count). The molecule has 2 amide bonds. The lowest BCUT2D eigenvalue weighted by Gasteiger charge is -2.28. The average molecular weight is 286 g/mol. The van der Waals surface area contributed by atoms with Crippen molar-refractivity contribution < 1.29 is 14.7 Å². The lowest BCUT2D eigenvalue weighted by atomic mass is 9.99. The third kappa shape index (κ3) is 5.80. The Labute approximate surface area is 122 Å². The van der Waals surface area contributed by atoms with Crippen molar-refractivity contribution in [3.05, 3.63) is 0 Å². The van der Waals surface area contributed by atoms with Crippen molar-refractivity contribution in [1.82, 2.24) is 10.2 Å². The molecule has 0 aromatic heterocycles. The van der Waals surface area contributed by atoms with Gasteiger partial charge in [0, 0.05) is 13.1 Å². The zero-order chi connectivity index (χ0) is 15.7. The Kier molecular flexibility index (Phi) is 9.01. The number of nitrogens with one attached hydrogen (secondary N) is 1. The van der Waals surface area contributed by atoms with Crippen LogP contribution in [-0.2, 0) is 4.79 Å². The second kappa shape index (κ2) is 9.61. The van der Waals surface area contributed by atoms with E-state index >= 15 is 0 Å². The van der Waals surface area contributed by atoms with E-state index in [1.807, 2.05) is 20.8 Å². The summed E-state index contributed by atoms with van der Waals surface area (Å²) in [5, 5.41) is 11.9. The first-order chi connectivity index (χ1) is 9.40. The quantitative estimate of drug-likeness (QED) is 0.684. The summed E-state index contributed by atoms with van der Waals surface area (Å²) < 4.78 is 0. The van der Waals surface area contributed by atoms with Crippen molar-refractivity contribution in [2.75, 3.05) is 13.1 Å². The van der Waals surface area contributed by atoms with Crippen LogP contribution in [0.25, 0.3) is 0 Å². The number of carboxylic acid groups (broad SMARTS) is 1. The minimum atomic E-state index is -0.966. The Bertz CT molecular complexity index is 303. The first kappa shape index (κ1) is 18.7. The Morgan fingerprint density at radius 1 is 1.10 bits per heavy atom. The molecular formula is C15H30N2O3. The molecule has 20 heavy (non-hydrogen) atoms. The van der Waals surface area contributed by atoms with E-state index in [9.17, 15) is 14.7 Å². The number of carbonyl (C=O) groups excluding carboxylic acids is 1. The maximum Gasteiger partial charge on any atom is 0.326 e. The van der Waals surface area contributed by atoms with Crippen LogP contribution in [0.3, 0.4) is 0 Å². The van der Waals surface area contributed by atoms with E-state index in [2.05, 4.69) is 19.2 Å². The Morgan fingerprint density at radius 2 is 1.65 bits per heavy atom. The minimum Gasteiger partial charge on any atom is -0.480 e. The molecule has 0 saturated heterocycles. The maximum atomic E-state index is 12.2. The van der Waals surface area contributed by atoms with E-state index < -0.39 is 12.0 Å². The van der Waals surface area contributed by atoms with E-state index in [-0.39, 0.29) is 11.9 Å². The molecule has 2 unspecified atom stereocenters. The van der Waals surface area contributed by atoms with Gasteiger partial charge in [0.1, 0.15) is 6.04 Å². The van der Waals surface area contributed by atoms with Gasteiger partial charge in [-0.25, -0.2) is 9.59 Å². The molecule has 0 aliphatic heterocycles. The van der Waals surface area contributed by atoms with Crippen molar-refractivity contribution in [3.8, 4) is 0 Å². The van der Waals surface area contributed by atoms with E-state index in [0.717, 1.165) is 19.3 Å². The lowest BCUT2D eigenvalue weighted by molar-refractivity contribution is -0.140. The molecule has 0 aliphatic carbocycles. The molecule has 0 bridgehead atoms. The van der Waals surface area contributed by atoms with Gasteiger partial charge in [-0.15, -0.1) is 0 Å². The zero-order valence-electron chi connectivity index (χ0n) is 13.5. The van der Waals surface area contributed by atoms with Crippen LogP contribution < -0.4 is 5.32 Å². The second-order valence-corrected chi connectivity index (χ2v) is 5.37. The van der Waals surface area contributed by atoms with Gasteiger partial charge in [-0.05, 0) is 18.8 Å². The van der Waals surface area contributed by atoms with Gasteiger partial charge in [-0.2, -0.15) is 0 Å². The molecule has 0 heterocycles. The van der Waals surface area contributed by atoms with Crippen molar-refractivity contribution in [1.29, 1.82) is 0 Å². The van der Waals surface area contributed by atoms with Crippen molar-refractivity contribution in [3.63, 3.8) is 0 Å². The summed E-state index contributed by atoms with van der Waals surface area (Å²) in [4.78, 5) is 25.2. The highest BCUT2D eigenvalue weighted by Crippen LogP contribution is 2.12. The largest absolute Gasteiger partial charge is 0.480 e. The molecule has 5 heteroatoms. The SMILES string of the molecule is CCC(CC)CN(CC)C(=O)NC(C(=O)O)C(C)CC. The van der Waals surface area contributed by atoms with Crippen molar-refractivity contribution >= 4 is 12.0 Å². The highest BCUT2D eigenvalue weighted by atomic mass is 16.4. The molecule has 0 radical (unpaired) electrons. The summed E-state index contributed by atoms with van der Waals surface area (Å²) in [6, 6.07) is -1.09. The molecule has 118 valence electrons. The summed E-state index contributed by atoms with van der Waals surface area (Å²) in [6.07, 6.45) is 2.76. The molecule has 2 N–H and O–H groups in total. The topological polar surface area (TPSA) is 69.6 Å². The fraction of sp³-hybridized carbons (Fsp3) is 0.867. The predicted octanol–water partition coefficient (Wildman–Crippen LogP) is 2.95. The summed E-state index contributed by atoms with van der Waals surface area (Å²) in [5.74, 6) is -0.581. The van der Waals surface area contributed by atoms with E-state index in [1.165, 1.54) is 0 Å². The molecule has 2 atom stereocenters. The Hall–Kier alpha value is -1.26. The van der Waals surface area contributed by atoms with E-state index in [1.54, 1.807) is 4.90 Å². The van der Waals surface area contributed by atoms with Crippen LogP contribution in [0.2, 0.25) is 0 Å². The van der Waals surface area contributed by atoms with Crippen LogP contribution in [0.5, 0.6) is 0 Å². The highest BCUT2D eigenvalue weighted by molar-refractivity contribution is 5.82. The van der Waals surface area contributed by atoms with Gasteiger partial charge < -0.3 is 15.3 Å². The number of rotatable bonds is 9. The Morgan fingerprint density at radius 3 is 2.00 bits per heavy atom. The molecule has 0 aromatic carbocycles. The summed E-state index contributed by atoms with van der Waals surface area (Å²) in [6.45, 7) is 11.2. The van der Waals surface area contributed by atoms with Gasteiger partial charge in [-0.3, -0.25) is 0 Å². The van der Waals surface area contributed by atoms with Crippen LogP contribution in [0.4, 0.5) is 4.79 Å². The molecular weight excluding hydrogens is 256 g/mol. The number of hydrogen-bond donors (Lipinski definition) is 2. The monoisotopic (exact) mass is 286 g/mol. The summed E-state index contributed by atoms with van der Waals surface area (Å²) >= 11 is 0. The molecule has 0 spiro atoms. The number of carbonyl (C=O) groups is 2. The zero-order valence-corrected chi connectivity index (χ0v) is 13.5. The standard InChI is InChI=1S/C15H30N2O3/c1-6-11(5)13(14(18)19)16-15(20)17(9-4)10-12(7-2)8-3/h11-13H,6-10H2,1-5H3,(H,16,20)(H,18,19). The van der Waals surface area contributed by atoms with Crippen LogP contribution in [0, 0.1) is 11.8 Å². The smallest absolute Gasteiger partial charge is 0.326 e. The number of aliphatic carboxylic acids is 1. The third-order valence-corrected chi connectivity index (χ3v) is 4.06. The number of urea groups is 1. The summed E-state index contributed by atoms with van der Waals surface area (Å²) in [5.41, 5.74) is 0. The van der Waals surface area contributed by atoms with Crippen LogP contribution in [0.1, 0.15) is 53.9 Å². The van der Waals surface area contributed by atoms with Crippen LogP contribution >= 0.6 is 0 Å². The second-order valence-electron chi connectivity index (χ2n) is 5.37. The van der Waals surface area contributed by atoms with E-state index in [4.69, 9.17) is 0 Å². The van der Waals surface area contributed by atoms with Gasteiger partial charge in [-0.1, -0.05) is 47.0 Å². The number of amides is 2. The number of nitrogens with zero attached hydrogens (tertiary/aromatic N) is 1. The lowest BCUT2D eigenvalue weighted by Crippen LogP contribution is -2.51. The third-order valence-electron chi connectivity index (χ3n) is 4.06. The molecule has 0 fully saturated rings. The van der Waals surface area contributed by atoms with Gasteiger partial charge in [0.05, 0.1) is 0 Å². The van der Waals surface area contributed by atoms with Gasteiger partial charge in [0.2, 0.25) is 0 Å². The van der Waals surface area contributed by atoms with E-state index in [0.29, 0.717) is 19.0 Å².